The Labute approximate surface area is 440 Å². The molecule has 15 aromatic rings. The summed E-state index contributed by atoms with van der Waals surface area (Å²) in [6, 6.07) is 50.6. The van der Waals surface area contributed by atoms with Gasteiger partial charge >= 0.3 is 0 Å². The molecule has 0 amide bonds. The summed E-state index contributed by atoms with van der Waals surface area (Å²) in [5, 5.41) is 7.58. The molecule has 0 radical (unpaired) electrons. The van der Waals surface area contributed by atoms with E-state index in [-0.39, 0.29) is 0 Å². The van der Waals surface area contributed by atoms with Crippen LogP contribution in [0.4, 0.5) is 0 Å². The third-order valence-electron chi connectivity index (χ3n) is 16.5. The first-order valence-electron chi connectivity index (χ1n) is 26.1. The third-order valence-corrected chi connectivity index (χ3v) is 16.5. The van der Waals surface area contributed by atoms with E-state index >= 15 is 0 Å². The molecule has 0 saturated carbocycles. The van der Waals surface area contributed by atoms with Crippen LogP contribution < -0.4 is 0 Å². The van der Waals surface area contributed by atoms with Crippen LogP contribution in [0.25, 0.3) is 177 Å². The van der Waals surface area contributed by atoms with E-state index in [0.717, 1.165) is 200 Å². The van der Waals surface area contributed by atoms with Gasteiger partial charge in [0.2, 0.25) is 0 Å². The highest BCUT2D eigenvalue weighted by molar-refractivity contribution is 6.27. The van der Waals surface area contributed by atoms with Crippen molar-refractivity contribution < 1.29 is 0 Å². The number of H-pyrrole nitrogens is 2. The first kappa shape index (κ1) is 40.6. The van der Waals surface area contributed by atoms with Gasteiger partial charge in [-0.3, -0.25) is 0 Å². The van der Waals surface area contributed by atoms with Crippen molar-refractivity contribution in [1.29, 1.82) is 0 Å². The summed E-state index contributed by atoms with van der Waals surface area (Å²) in [4.78, 5) is 61.7. The van der Waals surface area contributed by atoms with Crippen LogP contribution in [0.1, 0.15) is 35.6 Å². The molecule has 2 N–H and O–H groups in total. The molecule has 0 spiro atoms. The summed E-state index contributed by atoms with van der Waals surface area (Å²) < 4.78 is 0. The first-order valence-corrected chi connectivity index (χ1v) is 26.1. The molecule has 4 aliphatic rings. The number of pyridine rings is 8. The molecule has 24 bridgehead atoms. The number of aromatic nitrogens is 12. The van der Waals surface area contributed by atoms with Gasteiger partial charge in [-0.05, 0) is 119 Å². The fourth-order valence-corrected chi connectivity index (χ4v) is 12.5. The van der Waals surface area contributed by atoms with Crippen LogP contribution in [-0.4, -0.2) is 59.8 Å². The Bertz CT molecular complexity index is 5190. The molecule has 12 heteroatoms. The SMILES string of the molecule is C1=C2CC(=C1)c1ccc3c(n1)c1nc(ccc1c1nc4c5ccc6nc5c5nc(ccc5c4nc31)C1=CC=C(C1)c1ccc3ccc4ccc(nc4c3n1)-c1ccc-6[nH]1)-c1ccc([nH]1)-c1ccc3ccc4ccc2nc4c3n1. The Morgan fingerprint density at radius 1 is 0.205 bits per heavy atom. The molecule has 19 rings (SSSR count). The molecule has 4 aromatic carbocycles. The van der Waals surface area contributed by atoms with Gasteiger partial charge in [0.15, 0.2) is 0 Å². The lowest BCUT2D eigenvalue weighted by Crippen LogP contribution is -2.00. The van der Waals surface area contributed by atoms with Gasteiger partial charge in [0, 0.05) is 55.9 Å². The average molecular weight is 995 g/mol. The molecule has 358 valence electrons. The van der Waals surface area contributed by atoms with Crippen LogP contribution in [-0.2, 0) is 0 Å². The molecule has 2 aliphatic heterocycles. The molecule has 0 unspecified atom stereocenters. The number of fused-ring (bicyclic) bond motifs is 30. The monoisotopic (exact) mass is 994 g/mol. The minimum absolute atomic E-state index is 0.677. The topological polar surface area (TPSA) is 160 Å². The number of rotatable bonds is 0. The maximum absolute atomic E-state index is 5.67. The lowest BCUT2D eigenvalue weighted by atomic mass is 10.0. The zero-order chi connectivity index (χ0) is 50.5. The van der Waals surface area contributed by atoms with E-state index in [1.165, 1.54) is 0 Å². The highest BCUT2D eigenvalue weighted by Crippen LogP contribution is 2.43. The smallest absolute Gasteiger partial charge is 0.0996 e. The Balaban J connectivity index is 0.847. The van der Waals surface area contributed by atoms with Gasteiger partial charge < -0.3 is 9.97 Å². The summed E-state index contributed by atoms with van der Waals surface area (Å²) >= 11 is 0. The largest absolute Gasteiger partial charge is 0.352 e. The predicted octanol–water partition coefficient (Wildman–Crippen LogP) is 14.9. The fourth-order valence-electron chi connectivity index (χ4n) is 12.5. The molecular weight excluding hydrogens is 961 g/mol. The van der Waals surface area contributed by atoms with Crippen molar-refractivity contribution in [2.45, 2.75) is 12.8 Å². The standard InChI is InChI=1S/C66H34N12/c1-3-33-11-19-51-47-25-27-49(67-47)53-23-15-41-61(75-53)59-39(13-21-45(71-59)37-7-5-35(29-37)43-17-9-31(1)55(69-43)57(33)73-51)63-65(41)78-66-42-16-24-54-50-28-26-48(68-50)52-20-12-34-4-2-32-10-18-44(70-56(32)58(34)74-52)36-6-8-38(30-36)46-22-14-40(64(66)77-63)60(72-46)62(42)76-54/h1-28,67-68H,29-30H2. The molecule has 0 atom stereocenters. The van der Waals surface area contributed by atoms with Gasteiger partial charge in [0.05, 0.1) is 135 Å². The summed E-state index contributed by atoms with van der Waals surface area (Å²) in [5.41, 5.74) is 24.1. The molecular formula is C66H34N12. The minimum Gasteiger partial charge on any atom is -0.352 e. The van der Waals surface area contributed by atoms with Crippen molar-refractivity contribution in [3.05, 3.63) is 193 Å². The van der Waals surface area contributed by atoms with Crippen molar-refractivity contribution in [1.82, 2.24) is 59.8 Å². The minimum atomic E-state index is 0.677. The van der Waals surface area contributed by atoms with E-state index in [0.29, 0.717) is 12.8 Å². The zero-order valence-corrected chi connectivity index (χ0v) is 41.1. The van der Waals surface area contributed by atoms with Crippen LogP contribution in [0.5, 0.6) is 0 Å². The van der Waals surface area contributed by atoms with Crippen LogP contribution >= 0.6 is 0 Å². The lowest BCUT2D eigenvalue weighted by Gasteiger charge is -2.15. The Hall–Kier alpha value is -10.7. The van der Waals surface area contributed by atoms with Crippen molar-refractivity contribution >= 4 is 132 Å². The van der Waals surface area contributed by atoms with E-state index in [1.807, 2.05) is 0 Å². The zero-order valence-electron chi connectivity index (χ0n) is 41.1. The van der Waals surface area contributed by atoms with Crippen molar-refractivity contribution in [3.63, 3.8) is 0 Å². The normalized spacial score (nSPS) is 14.4. The maximum atomic E-state index is 5.67. The predicted molar refractivity (Wildman–Crippen MR) is 311 cm³/mol. The summed E-state index contributed by atoms with van der Waals surface area (Å²) in [6.07, 6.45) is 10.0. The Morgan fingerprint density at radius 2 is 0.423 bits per heavy atom. The number of aromatic amines is 2. The van der Waals surface area contributed by atoms with Gasteiger partial charge in [-0.1, -0.05) is 72.8 Å². The molecule has 11 aromatic heterocycles. The second kappa shape index (κ2) is 14.6. The molecule has 78 heavy (non-hydrogen) atoms. The number of benzene rings is 4. The van der Waals surface area contributed by atoms with E-state index < -0.39 is 0 Å². The lowest BCUT2D eigenvalue weighted by molar-refractivity contribution is 1.25. The van der Waals surface area contributed by atoms with Crippen molar-refractivity contribution in [2.24, 2.45) is 0 Å². The molecule has 2 aliphatic carbocycles. The Kier molecular flexibility index (Phi) is 7.59. The average Bonchev–Trinajstić information content (AvgIpc) is 4.42. The van der Waals surface area contributed by atoms with Gasteiger partial charge in [-0.25, -0.2) is 49.8 Å². The molecule has 0 fully saturated rings. The first-order chi connectivity index (χ1) is 38.5. The van der Waals surface area contributed by atoms with Gasteiger partial charge in [0.25, 0.3) is 0 Å². The second-order valence-electron chi connectivity index (χ2n) is 20.9. The number of hydrogen-bond acceptors (Lipinski definition) is 10. The van der Waals surface area contributed by atoms with Crippen LogP contribution in [0, 0.1) is 0 Å². The van der Waals surface area contributed by atoms with E-state index in [9.17, 15) is 0 Å². The summed E-state index contributed by atoms with van der Waals surface area (Å²) in [5.74, 6) is 0. The molecule has 13 heterocycles. The van der Waals surface area contributed by atoms with Crippen molar-refractivity contribution in [3.8, 4) is 45.6 Å². The van der Waals surface area contributed by atoms with E-state index in [4.69, 9.17) is 49.8 Å². The van der Waals surface area contributed by atoms with Crippen LogP contribution in [0.2, 0.25) is 0 Å². The highest BCUT2D eigenvalue weighted by atomic mass is 14.9. The van der Waals surface area contributed by atoms with Gasteiger partial charge in [-0.15, -0.1) is 0 Å². The summed E-state index contributed by atoms with van der Waals surface area (Å²) in [7, 11) is 0. The maximum Gasteiger partial charge on any atom is 0.0996 e. The number of hydrogen-bond donors (Lipinski definition) is 2. The van der Waals surface area contributed by atoms with Gasteiger partial charge in [0.1, 0.15) is 0 Å². The number of nitrogens with one attached hydrogen (secondary N) is 2. The van der Waals surface area contributed by atoms with Crippen molar-refractivity contribution in [2.75, 3.05) is 0 Å². The van der Waals surface area contributed by atoms with E-state index in [1.54, 1.807) is 0 Å². The molecule has 12 nitrogen and oxygen atoms in total. The Morgan fingerprint density at radius 3 is 0.744 bits per heavy atom. The second-order valence-corrected chi connectivity index (χ2v) is 20.9. The fraction of sp³-hybridized carbons (Fsp3) is 0.0303. The van der Waals surface area contributed by atoms with Gasteiger partial charge in [-0.2, -0.15) is 0 Å². The summed E-state index contributed by atoms with van der Waals surface area (Å²) in [6.45, 7) is 0. The highest BCUT2D eigenvalue weighted by Gasteiger charge is 2.25. The third kappa shape index (κ3) is 5.61. The number of allylic oxidation sites excluding steroid dienone is 8. The van der Waals surface area contributed by atoms with Crippen LogP contribution in [0.15, 0.2) is 170 Å². The quantitative estimate of drug-likeness (QED) is 0.111. The molecule has 0 saturated heterocycles. The number of nitrogens with zero attached hydrogens (tertiary/aromatic N) is 10. The van der Waals surface area contributed by atoms with Crippen LogP contribution in [0.3, 0.4) is 0 Å². The van der Waals surface area contributed by atoms with E-state index in [2.05, 4.69) is 180 Å².